The summed E-state index contributed by atoms with van der Waals surface area (Å²) in [7, 11) is 0. The molecule has 8 aromatic heterocycles. The van der Waals surface area contributed by atoms with E-state index in [4.69, 9.17) is 18.9 Å². The molecule has 12 heterocycles. The third-order valence-corrected chi connectivity index (χ3v) is 25.9. The molecule has 0 unspecified atom stereocenters. The molecule has 0 bridgehead atoms. The first-order chi connectivity index (χ1) is 53.3. The minimum atomic E-state index is -0.853. The lowest BCUT2D eigenvalue weighted by Crippen LogP contribution is -2.37. The van der Waals surface area contributed by atoms with E-state index in [0.29, 0.717) is 65.0 Å². The number of aliphatic hydroxyl groups excluding tert-OH is 8. The van der Waals surface area contributed by atoms with Crippen molar-refractivity contribution in [2.24, 2.45) is 21.7 Å². The van der Waals surface area contributed by atoms with E-state index >= 15 is 0 Å². The van der Waals surface area contributed by atoms with Crippen LogP contribution in [0.15, 0.2) is 196 Å². The van der Waals surface area contributed by atoms with Gasteiger partial charge in [0.1, 0.15) is 72.3 Å². The van der Waals surface area contributed by atoms with Gasteiger partial charge in [-0.15, -0.1) is 0 Å². The van der Waals surface area contributed by atoms with E-state index in [1.165, 1.54) is 11.1 Å². The second-order valence-corrected chi connectivity index (χ2v) is 32.4. The maximum absolute atomic E-state index is 11.0. The lowest BCUT2D eigenvalue weighted by atomic mass is 9.80. The first-order valence-corrected chi connectivity index (χ1v) is 38.5. The molecule has 20 rings (SSSR count). The van der Waals surface area contributed by atoms with E-state index in [1.54, 1.807) is 25.3 Å². The number of aliphatic hydroxyl groups is 8. The van der Waals surface area contributed by atoms with Crippen LogP contribution in [0.5, 0.6) is 0 Å². The summed E-state index contributed by atoms with van der Waals surface area (Å²) in [5.74, 6) is 0. The number of aryl methyl sites for hydroxylation is 4. The molecule has 24 heteroatoms. The molecule has 4 spiro atoms. The molecular formula is C86H96N12O12. The largest absolute Gasteiger partial charge is 0.390 e. The van der Waals surface area contributed by atoms with Crippen LogP contribution in [0.25, 0.3) is 44.1 Å². The van der Waals surface area contributed by atoms with Crippen LogP contribution in [-0.4, -0.2) is 186 Å². The van der Waals surface area contributed by atoms with Gasteiger partial charge < -0.3 is 78.1 Å². The average Bonchev–Trinajstić information content (AvgIpc) is 1.60. The summed E-state index contributed by atoms with van der Waals surface area (Å²) >= 11 is 0. The summed E-state index contributed by atoms with van der Waals surface area (Å²) in [6.07, 6.45) is 14.6. The highest BCUT2D eigenvalue weighted by molar-refractivity contribution is 5.80. The van der Waals surface area contributed by atoms with Gasteiger partial charge in [0, 0.05) is 68.0 Å². The highest BCUT2D eigenvalue weighted by Crippen LogP contribution is 2.58. The van der Waals surface area contributed by atoms with E-state index in [-0.39, 0.29) is 48.6 Å². The zero-order chi connectivity index (χ0) is 75.8. The first-order valence-electron chi connectivity index (χ1n) is 38.5. The van der Waals surface area contributed by atoms with E-state index in [9.17, 15) is 40.9 Å². The van der Waals surface area contributed by atoms with Crippen molar-refractivity contribution in [1.82, 2.24) is 58.1 Å². The number of aromatic nitrogens is 12. The summed E-state index contributed by atoms with van der Waals surface area (Å²) in [5.41, 5.74) is 9.86. The molecule has 8 N–H and O–H groups in total. The van der Waals surface area contributed by atoms with Crippen molar-refractivity contribution in [2.45, 2.75) is 189 Å². The van der Waals surface area contributed by atoms with E-state index in [0.717, 1.165) is 104 Å². The number of rotatable bonds is 10. The Kier molecular flexibility index (Phi) is 20.0. The fraction of sp³-hybridized carbons (Fsp3) is 0.442. The lowest BCUT2D eigenvalue weighted by molar-refractivity contribution is -0.0309. The van der Waals surface area contributed by atoms with Crippen LogP contribution in [0.4, 0.5) is 0 Å². The molecule has 24 nitrogen and oxygen atoms in total. The molecule has 8 fully saturated rings. The first kappa shape index (κ1) is 73.7. The number of nitrogens with zero attached hydrogens (tertiary/aromatic N) is 12. The van der Waals surface area contributed by atoms with Gasteiger partial charge in [-0.1, -0.05) is 121 Å². The topological polar surface area (TPSA) is 322 Å². The Bertz CT molecular complexity index is 4890. The number of ether oxygens (including phenoxy) is 4. The Morgan fingerprint density at radius 2 is 0.564 bits per heavy atom. The molecule has 4 saturated heterocycles. The van der Waals surface area contributed by atoms with Crippen molar-refractivity contribution in [1.29, 1.82) is 0 Å². The van der Waals surface area contributed by atoms with Crippen LogP contribution in [0.1, 0.15) is 133 Å². The Morgan fingerprint density at radius 3 is 0.845 bits per heavy atom. The van der Waals surface area contributed by atoms with E-state index < -0.39 is 70.5 Å². The van der Waals surface area contributed by atoms with Gasteiger partial charge >= 0.3 is 0 Å². The van der Waals surface area contributed by atoms with Gasteiger partial charge in [0.25, 0.3) is 0 Å². The van der Waals surface area contributed by atoms with Crippen LogP contribution in [0.3, 0.4) is 0 Å². The zero-order valence-electron chi connectivity index (χ0n) is 62.2. The van der Waals surface area contributed by atoms with Crippen molar-refractivity contribution in [3.8, 4) is 0 Å². The molecule has 4 aromatic carbocycles. The van der Waals surface area contributed by atoms with Gasteiger partial charge in [0.05, 0.1) is 122 Å². The molecule has 12 aromatic rings. The van der Waals surface area contributed by atoms with Crippen molar-refractivity contribution >= 4 is 44.1 Å². The molecular weight excluding hydrogens is 1390 g/mol. The molecule has 0 amide bonds. The Balaban J connectivity index is 0.000000107. The number of hydrogen-bond acceptors (Lipinski definition) is 20. The summed E-state index contributed by atoms with van der Waals surface area (Å²) in [6.45, 7) is 9.67. The number of benzene rings is 4. The maximum atomic E-state index is 11.0. The highest BCUT2D eigenvalue weighted by Gasteiger charge is 2.61. The van der Waals surface area contributed by atoms with Crippen molar-refractivity contribution < 1.29 is 59.8 Å². The Hall–Kier alpha value is -9.12. The quantitative estimate of drug-likeness (QED) is 0.0631. The summed E-state index contributed by atoms with van der Waals surface area (Å²) in [5, 5.41) is 91.2. The average molecular weight is 1490 g/mol. The highest BCUT2D eigenvalue weighted by atomic mass is 16.5. The predicted octanol–water partition coefficient (Wildman–Crippen LogP) is 9.96. The molecule has 572 valence electrons. The van der Waals surface area contributed by atoms with Crippen LogP contribution >= 0.6 is 0 Å². The van der Waals surface area contributed by atoms with E-state index in [1.807, 2.05) is 168 Å². The molecule has 4 saturated carbocycles. The standard InChI is InChI=1S/2C22H25N3O3.2C21H23N3O3/c2*1-14-17-7-8-25(21(17)24-13-23-14)18-11-22(20(27)19(18)26)10-16(28-12-22)9-15-5-3-2-4-6-15;2*1-13-15-7-8-24(20(15)23-12-22-13)16-9-21(19(26)18(16)25)10-17(27-11-21)14-5-3-2-4-6-14/h2*2-8,13,16,18-20,26-27H,9-12H2,1H3;2*2-8,12,16-19,25-26H,9-11H2,1H3/t16-,18+,19-,20-,22-;16-,18-,19+,20+,22+;16-,17+,18+,19+,21-;16-,17-,18+,19+,21-/m0111/s1. The Labute approximate surface area is 637 Å². The molecule has 20 atom stereocenters. The SMILES string of the molecule is Cc1ncnc2c1ccn2[C@@H]1C[C@@]2(CO[C@@H](Cc3ccccc3)C2)[C@@H](O)[C@H]1O.Cc1ncnc2c1ccn2[C@@H]1C[C@@]2(CO[C@@H](c3ccccc3)C2)[C@@H](O)[C@H]1O.Cc1ncnc2c1ccn2[C@@H]1C[C@@]2(CO[C@H](Cc3ccccc3)C2)[C@@H](O)[C@H]1O.Cc1ncnc2c1ccn2[C@@H]1C[C@@]2(CO[C@H](c3ccccc3)C2)[C@@H](O)[C@H]1O. The van der Waals surface area contributed by atoms with Crippen LogP contribution < -0.4 is 0 Å². The minimum Gasteiger partial charge on any atom is -0.390 e. The predicted molar refractivity (Wildman–Crippen MR) is 410 cm³/mol. The normalized spacial score (nSPS) is 32.9. The molecule has 8 aliphatic rings. The van der Waals surface area contributed by atoms with Crippen LogP contribution in [-0.2, 0) is 31.8 Å². The zero-order valence-corrected chi connectivity index (χ0v) is 62.2. The third-order valence-electron chi connectivity index (χ3n) is 25.9. The fourth-order valence-electron chi connectivity index (χ4n) is 19.8. The maximum Gasteiger partial charge on any atom is 0.143 e. The van der Waals surface area contributed by atoms with Crippen LogP contribution in [0.2, 0.25) is 0 Å². The second kappa shape index (κ2) is 29.8. The van der Waals surface area contributed by atoms with Gasteiger partial charge in [-0.05, 0) is 138 Å². The van der Waals surface area contributed by atoms with Gasteiger partial charge in [-0.2, -0.15) is 0 Å². The van der Waals surface area contributed by atoms with Crippen molar-refractivity contribution in [2.75, 3.05) is 26.4 Å². The molecule has 4 aliphatic carbocycles. The van der Waals surface area contributed by atoms with Crippen molar-refractivity contribution in [3.05, 3.63) is 241 Å². The lowest BCUT2D eigenvalue weighted by Gasteiger charge is -2.26. The Morgan fingerprint density at radius 1 is 0.309 bits per heavy atom. The third kappa shape index (κ3) is 13.3. The summed E-state index contributed by atoms with van der Waals surface area (Å²) < 4.78 is 32.3. The fourth-order valence-corrected chi connectivity index (χ4v) is 19.8. The van der Waals surface area contributed by atoms with Gasteiger partial charge in [0.2, 0.25) is 0 Å². The van der Waals surface area contributed by atoms with E-state index in [2.05, 4.69) is 88.4 Å². The van der Waals surface area contributed by atoms with Gasteiger partial charge in [0.15, 0.2) is 0 Å². The molecule has 110 heavy (non-hydrogen) atoms. The van der Waals surface area contributed by atoms with Crippen molar-refractivity contribution in [3.63, 3.8) is 0 Å². The smallest absolute Gasteiger partial charge is 0.143 e. The monoisotopic (exact) mass is 1490 g/mol. The second-order valence-electron chi connectivity index (χ2n) is 32.4. The van der Waals surface area contributed by atoms with Crippen LogP contribution in [0, 0.1) is 49.4 Å². The summed E-state index contributed by atoms with van der Waals surface area (Å²) in [6, 6.07) is 47.8. The molecule has 4 aliphatic heterocycles. The minimum absolute atomic E-state index is 0.0437. The number of hydrogen-bond donors (Lipinski definition) is 8. The van der Waals surface area contributed by atoms with Gasteiger partial charge in [-0.25, -0.2) is 39.9 Å². The number of fused-ring (bicyclic) bond motifs is 4. The molecule has 0 radical (unpaired) electrons. The summed E-state index contributed by atoms with van der Waals surface area (Å²) in [4.78, 5) is 34.6. The van der Waals surface area contributed by atoms with Gasteiger partial charge in [-0.3, -0.25) is 0 Å².